The zero-order valence-corrected chi connectivity index (χ0v) is 19.6. The number of halogens is 1. The molecule has 2 aliphatic rings. The van der Waals surface area contributed by atoms with Gasteiger partial charge in [0.05, 0.1) is 0 Å². The van der Waals surface area contributed by atoms with Gasteiger partial charge in [-0.05, 0) is 78.7 Å². The van der Waals surface area contributed by atoms with Crippen LogP contribution in [0.25, 0.3) is 10.8 Å². The van der Waals surface area contributed by atoms with Gasteiger partial charge >= 0.3 is 0 Å². The zero-order valence-electron chi connectivity index (χ0n) is 19.6. The van der Waals surface area contributed by atoms with Gasteiger partial charge in [0.15, 0.2) is 0 Å². The molecule has 0 atom stereocenters. The van der Waals surface area contributed by atoms with E-state index in [0.29, 0.717) is 5.92 Å². The summed E-state index contributed by atoms with van der Waals surface area (Å²) in [6, 6.07) is 10.6. The number of hydrogen-bond acceptors (Lipinski definition) is 0. The molecule has 4 rings (SSSR count). The number of benzene rings is 2. The van der Waals surface area contributed by atoms with Crippen LogP contribution in [0.1, 0.15) is 101 Å². The average Bonchev–Trinajstić information content (AvgIpc) is 2.83. The fourth-order valence-corrected chi connectivity index (χ4v) is 6.24. The Morgan fingerprint density at radius 2 is 1.52 bits per heavy atom. The smallest absolute Gasteiger partial charge is 0.134 e. The molecule has 0 heterocycles. The summed E-state index contributed by atoms with van der Waals surface area (Å²) in [7, 11) is 0. The van der Waals surface area contributed by atoms with Crippen molar-refractivity contribution < 1.29 is 4.39 Å². The second-order valence-electron chi connectivity index (χ2n) is 10.4. The highest BCUT2D eigenvalue weighted by molar-refractivity contribution is 5.84. The van der Waals surface area contributed by atoms with Gasteiger partial charge in [-0.25, -0.2) is 4.39 Å². The summed E-state index contributed by atoms with van der Waals surface area (Å²) >= 11 is 0. The first-order chi connectivity index (χ1) is 15.2. The molecule has 0 bridgehead atoms. The third-order valence-corrected chi connectivity index (χ3v) is 8.52. The van der Waals surface area contributed by atoms with E-state index in [4.69, 9.17) is 0 Å². The standard InChI is InChI=1S/C30H41F/c1-3-5-6-26-17-18-28-21-27(19-20-29(28)30(26)31)25-15-13-24(14-16-25)12-11-23-9-7-22(4-2)8-10-23/h3,17-25H,1,4-16H2,2H3. The van der Waals surface area contributed by atoms with Crippen LogP contribution in [0.3, 0.4) is 0 Å². The van der Waals surface area contributed by atoms with Crippen molar-refractivity contribution in [3.05, 3.63) is 59.9 Å². The van der Waals surface area contributed by atoms with Gasteiger partial charge in [-0.3, -0.25) is 0 Å². The van der Waals surface area contributed by atoms with Crippen molar-refractivity contribution in [2.75, 3.05) is 0 Å². The van der Waals surface area contributed by atoms with E-state index >= 15 is 0 Å². The van der Waals surface area contributed by atoms with Crippen LogP contribution >= 0.6 is 0 Å². The highest BCUT2D eigenvalue weighted by Crippen LogP contribution is 2.40. The molecule has 0 aromatic heterocycles. The molecule has 31 heavy (non-hydrogen) atoms. The van der Waals surface area contributed by atoms with Crippen LogP contribution in [0, 0.1) is 23.6 Å². The SMILES string of the molecule is C=CCCc1ccc2cc(C3CCC(CCC4CCC(CC)CC4)CC3)ccc2c1F. The molecular weight excluding hydrogens is 379 g/mol. The first-order valence-electron chi connectivity index (χ1n) is 13.0. The van der Waals surface area contributed by atoms with E-state index in [9.17, 15) is 4.39 Å². The van der Waals surface area contributed by atoms with Crippen molar-refractivity contribution in [2.24, 2.45) is 17.8 Å². The number of allylic oxidation sites excluding steroid dienone is 1. The quantitative estimate of drug-likeness (QED) is 0.373. The first-order valence-corrected chi connectivity index (χ1v) is 13.0. The molecule has 0 aliphatic heterocycles. The normalized spacial score (nSPS) is 26.8. The Morgan fingerprint density at radius 1 is 0.871 bits per heavy atom. The van der Waals surface area contributed by atoms with E-state index < -0.39 is 0 Å². The highest BCUT2D eigenvalue weighted by atomic mass is 19.1. The lowest BCUT2D eigenvalue weighted by Crippen LogP contribution is -2.17. The zero-order chi connectivity index (χ0) is 21.6. The minimum atomic E-state index is -0.0393. The molecule has 0 amide bonds. The van der Waals surface area contributed by atoms with Crippen molar-refractivity contribution in [3.63, 3.8) is 0 Å². The predicted octanol–water partition coefficient (Wildman–Crippen LogP) is 9.37. The van der Waals surface area contributed by atoms with Crippen LogP contribution in [-0.4, -0.2) is 0 Å². The molecule has 0 saturated heterocycles. The second-order valence-corrected chi connectivity index (χ2v) is 10.4. The van der Waals surface area contributed by atoms with Crippen molar-refractivity contribution >= 4 is 10.8 Å². The summed E-state index contributed by atoms with van der Waals surface area (Å²) in [5.74, 6) is 3.57. The van der Waals surface area contributed by atoms with E-state index in [1.807, 2.05) is 18.2 Å². The molecule has 2 aliphatic carbocycles. The van der Waals surface area contributed by atoms with Crippen LogP contribution in [0.4, 0.5) is 4.39 Å². The maximum absolute atomic E-state index is 14.9. The Kier molecular flexibility index (Phi) is 7.86. The van der Waals surface area contributed by atoms with E-state index in [0.717, 1.165) is 46.9 Å². The van der Waals surface area contributed by atoms with Gasteiger partial charge in [-0.2, -0.15) is 0 Å². The Hall–Kier alpha value is -1.63. The Morgan fingerprint density at radius 3 is 2.16 bits per heavy atom. The molecule has 0 unspecified atom stereocenters. The fourth-order valence-electron chi connectivity index (χ4n) is 6.24. The highest BCUT2D eigenvalue weighted by Gasteiger charge is 2.25. The molecule has 2 fully saturated rings. The summed E-state index contributed by atoms with van der Waals surface area (Å²) in [4.78, 5) is 0. The molecule has 168 valence electrons. The van der Waals surface area contributed by atoms with Crippen LogP contribution in [0.5, 0.6) is 0 Å². The van der Waals surface area contributed by atoms with E-state index in [1.54, 1.807) is 0 Å². The summed E-state index contributed by atoms with van der Waals surface area (Å²) in [6.07, 6.45) is 19.0. The summed E-state index contributed by atoms with van der Waals surface area (Å²) in [5.41, 5.74) is 2.23. The number of hydrogen-bond donors (Lipinski definition) is 0. The molecule has 2 aromatic carbocycles. The molecule has 2 saturated carbocycles. The third-order valence-electron chi connectivity index (χ3n) is 8.52. The molecule has 0 spiro atoms. The number of aryl methyl sites for hydroxylation is 1. The van der Waals surface area contributed by atoms with Crippen molar-refractivity contribution in [3.8, 4) is 0 Å². The number of rotatable bonds is 8. The van der Waals surface area contributed by atoms with E-state index in [1.165, 1.54) is 76.2 Å². The van der Waals surface area contributed by atoms with Crippen molar-refractivity contribution in [2.45, 2.75) is 96.3 Å². The van der Waals surface area contributed by atoms with Crippen molar-refractivity contribution in [1.82, 2.24) is 0 Å². The van der Waals surface area contributed by atoms with Crippen LogP contribution in [-0.2, 0) is 6.42 Å². The summed E-state index contributed by atoms with van der Waals surface area (Å²) < 4.78 is 14.9. The van der Waals surface area contributed by atoms with E-state index in [2.05, 4.69) is 31.7 Å². The molecule has 2 aromatic rings. The molecule has 0 nitrogen and oxygen atoms in total. The Balaban J connectivity index is 1.29. The van der Waals surface area contributed by atoms with Crippen LogP contribution in [0.2, 0.25) is 0 Å². The van der Waals surface area contributed by atoms with Crippen LogP contribution < -0.4 is 0 Å². The fraction of sp³-hybridized carbons (Fsp3) is 0.600. The lowest BCUT2D eigenvalue weighted by atomic mass is 9.74. The lowest BCUT2D eigenvalue weighted by Gasteiger charge is -2.32. The van der Waals surface area contributed by atoms with Gasteiger partial charge in [0.2, 0.25) is 0 Å². The summed E-state index contributed by atoms with van der Waals surface area (Å²) in [6.45, 7) is 6.11. The number of fused-ring (bicyclic) bond motifs is 1. The monoisotopic (exact) mass is 420 g/mol. The molecule has 0 N–H and O–H groups in total. The van der Waals surface area contributed by atoms with Crippen molar-refractivity contribution in [1.29, 1.82) is 0 Å². The molecular formula is C30H41F. The molecule has 1 heteroatoms. The average molecular weight is 421 g/mol. The van der Waals surface area contributed by atoms with E-state index in [-0.39, 0.29) is 5.82 Å². The topological polar surface area (TPSA) is 0 Å². The largest absolute Gasteiger partial charge is 0.206 e. The van der Waals surface area contributed by atoms with Gasteiger partial charge in [0.25, 0.3) is 0 Å². The van der Waals surface area contributed by atoms with Gasteiger partial charge in [0.1, 0.15) is 5.82 Å². The first kappa shape index (κ1) is 22.6. The Bertz CT molecular complexity index is 850. The lowest BCUT2D eigenvalue weighted by molar-refractivity contribution is 0.227. The van der Waals surface area contributed by atoms with Gasteiger partial charge in [-0.15, -0.1) is 6.58 Å². The maximum Gasteiger partial charge on any atom is 0.134 e. The van der Waals surface area contributed by atoms with Gasteiger partial charge < -0.3 is 0 Å². The minimum Gasteiger partial charge on any atom is -0.206 e. The predicted molar refractivity (Wildman–Crippen MR) is 132 cm³/mol. The maximum atomic E-state index is 14.9. The minimum absolute atomic E-state index is 0.0393. The summed E-state index contributed by atoms with van der Waals surface area (Å²) in [5, 5.41) is 1.83. The van der Waals surface area contributed by atoms with Crippen LogP contribution in [0.15, 0.2) is 43.0 Å². The second kappa shape index (κ2) is 10.8. The van der Waals surface area contributed by atoms with Gasteiger partial charge in [0, 0.05) is 5.39 Å². The molecule has 0 radical (unpaired) electrons. The third kappa shape index (κ3) is 5.60. The van der Waals surface area contributed by atoms with Gasteiger partial charge in [-0.1, -0.05) is 88.3 Å². The Labute approximate surface area is 189 Å².